The molecule has 0 radical (unpaired) electrons. The van der Waals surface area contributed by atoms with Crippen LogP contribution in [-0.2, 0) is 13.0 Å². The van der Waals surface area contributed by atoms with Crippen LogP contribution in [0.2, 0.25) is 0 Å². The Kier molecular flexibility index (Phi) is 6.20. The number of aromatic nitrogens is 4. The van der Waals surface area contributed by atoms with E-state index < -0.39 is 0 Å². The van der Waals surface area contributed by atoms with Gasteiger partial charge in [0.2, 0.25) is 0 Å². The number of piperidine rings is 1. The first kappa shape index (κ1) is 19.6. The largest absolute Gasteiger partial charge is 0.497 e. The van der Waals surface area contributed by atoms with Crippen LogP contribution < -0.4 is 4.74 Å². The van der Waals surface area contributed by atoms with Crippen LogP contribution in [0.4, 0.5) is 0 Å². The van der Waals surface area contributed by atoms with E-state index >= 15 is 0 Å². The van der Waals surface area contributed by atoms with Gasteiger partial charge in [-0.3, -0.25) is 4.90 Å². The lowest BCUT2D eigenvalue weighted by Crippen LogP contribution is -2.38. The molecule has 6 nitrogen and oxygen atoms in total. The van der Waals surface area contributed by atoms with E-state index in [1.807, 2.05) is 22.9 Å². The number of rotatable bonds is 7. The number of aryl methyl sites for hydroxylation is 2. The molecule has 3 aromatic rings. The SMILES string of the molecule is COc1ccc(C(c2nnnn2CCc2ccccc2)N2CCC(C)CC2)cc1. The van der Waals surface area contributed by atoms with E-state index in [1.54, 1.807) is 7.11 Å². The minimum atomic E-state index is 0.0548. The minimum Gasteiger partial charge on any atom is -0.497 e. The molecule has 29 heavy (non-hydrogen) atoms. The summed E-state index contributed by atoms with van der Waals surface area (Å²) in [4.78, 5) is 2.52. The average molecular weight is 392 g/mol. The molecule has 2 aromatic carbocycles. The number of tetrazole rings is 1. The van der Waals surface area contributed by atoms with E-state index in [9.17, 15) is 0 Å². The van der Waals surface area contributed by atoms with Crippen molar-refractivity contribution in [2.24, 2.45) is 5.92 Å². The Labute approximate surface area is 172 Å². The molecule has 4 rings (SSSR count). The summed E-state index contributed by atoms with van der Waals surface area (Å²) in [6.07, 6.45) is 3.32. The predicted octanol–water partition coefficient (Wildman–Crippen LogP) is 3.75. The van der Waals surface area contributed by atoms with Crippen LogP contribution in [-0.4, -0.2) is 45.3 Å². The molecule has 1 fully saturated rings. The van der Waals surface area contributed by atoms with Gasteiger partial charge in [-0.1, -0.05) is 49.4 Å². The van der Waals surface area contributed by atoms with Gasteiger partial charge in [0.05, 0.1) is 13.2 Å². The van der Waals surface area contributed by atoms with Crippen molar-refractivity contribution in [3.05, 3.63) is 71.5 Å². The molecule has 152 valence electrons. The standard InChI is InChI=1S/C23H29N5O/c1-18-12-15-27(16-13-18)22(20-8-10-21(29-2)11-9-20)23-24-25-26-28(23)17-14-19-6-4-3-5-7-19/h3-11,18,22H,12-17H2,1-2H3. The summed E-state index contributed by atoms with van der Waals surface area (Å²) in [5, 5.41) is 12.8. The lowest BCUT2D eigenvalue weighted by molar-refractivity contribution is 0.150. The number of ether oxygens (including phenoxy) is 1. The molecule has 6 heteroatoms. The molecular weight excluding hydrogens is 362 g/mol. The van der Waals surface area contributed by atoms with Crippen molar-refractivity contribution in [1.29, 1.82) is 0 Å². The van der Waals surface area contributed by atoms with Gasteiger partial charge in [0.15, 0.2) is 5.82 Å². The summed E-state index contributed by atoms with van der Waals surface area (Å²) in [6.45, 7) is 5.22. The van der Waals surface area contributed by atoms with Crippen LogP contribution in [0.3, 0.4) is 0 Å². The van der Waals surface area contributed by atoms with Crippen molar-refractivity contribution in [2.75, 3.05) is 20.2 Å². The number of likely N-dealkylation sites (tertiary alicyclic amines) is 1. The monoisotopic (exact) mass is 391 g/mol. The van der Waals surface area contributed by atoms with Gasteiger partial charge in [0.1, 0.15) is 5.75 Å². The Bertz CT molecular complexity index is 885. The highest BCUT2D eigenvalue weighted by atomic mass is 16.5. The lowest BCUT2D eigenvalue weighted by atomic mass is 9.95. The van der Waals surface area contributed by atoms with Crippen molar-refractivity contribution in [3.8, 4) is 5.75 Å². The molecule has 1 atom stereocenters. The highest BCUT2D eigenvalue weighted by Gasteiger charge is 2.30. The third kappa shape index (κ3) is 4.65. The Hall–Kier alpha value is -2.73. The maximum atomic E-state index is 5.35. The smallest absolute Gasteiger partial charge is 0.173 e. The molecule has 0 aliphatic carbocycles. The van der Waals surface area contributed by atoms with Gasteiger partial charge in [-0.15, -0.1) is 5.10 Å². The maximum Gasteiger partial charge on any atom is 0.173 e. The first-order valence-corrected chi connectivity index (χ1v) is 10.4. The first-order chi connectivity index (χ1) is 14.2. The second-order valence-corrected chi connectivity index (χ2v) is 7.89. The van der Waals surface area contributed by atoms with E-state index in [2.05, 4.69) is 63.7 Å². The van der Waals surface area contributed by atoms with Crippen molar-refractivity contribution >= 4 is 0 Å². The molecule has 1 aliphatic rings. The van der Waals surface area contributed by atoms with Gasteiger partial charge in [-0.05, 0) is 72.0 Å². The Morgan fingerprint density at radius 1 is 1.03 bits per heavy atom. The second-order valence-electron chi connectivity index (χ2n) is 7.89. The molecule has 1 aromatic heterocycles. The van der Waals surface area contributed by atoms with E-state index in [0.717, 1.165) is 43.5 Å². The third-order valence-corrected chi connectivity index (χ3v) is 5.87. The second kappa shape index (κ2) is 9.18. The fourth-order valence-electron chi connectivity index (χ4n) is 4.04. The van der Waals surface area contributed by atoms with Crippen molar-refractivity contribution < 1.29 is 4.74 Å². The Balaban J connectivity index is 1.61. The summed E-state index contributed by atoms with van der Waals surface area (Å²) in [5.74, 6) is 2.56. The first-order valence-electron chi connectivity index (χ1n) is 10.4. The molecule has 1 unspecified atom stereocenters. The van der Waals surface area contributed by atoms with Crippen molar-refractivity contribution in [2.45, 2.75) is 38.8 Å². The molecule has 1 aliphatic heterocycles. The van der Waals surface area contributed by atoms with Crippen molar-refractivity contribution in [3.63, 3.8) is 0 Å². The lowest BCUT2D eigenvalue weighted by Gasteiger charge is -2.36. The number of hydrogen-bond donors (Lipinski definition) is 0. The van der Waals surface area contributed by atoms with Crippen molar-refractivity contribution in [1.82, 2.24) is 25.1 Å². The Morgan fingerprint density at radius 2 is 1.76 bits per heavy atom. The van der Waals surface area contributed by atoms with Crippen LogP contribution in [0.25, 0.3) is 0 Å². The third-order valence-electron chi connectivity index (χ3n) is 5.87. The highest BCUT2D eigenvalue weighted by molar-refractivity contribution is 5.32. The maximum absolute atomic E-state index is 5.35. The predicted molar refractivity (Wildman–Crippen MR) is 113 cm³/mol. The molecular formula is C23H29N5O. The van der Waals surface area contributed by atoms with Gasteiger partial charge in [0.25, 0.3) is 0 Å². The highest BCUT2D eigenvalue weighted by Crippen LogP contribution is 2.32. The Morgan fingerprint density at radius 3 is 2.45 bits per heavy atom. The van der Waals surface area contributed by atoms with Gasteiger partial charge < -0.3 is 4.74 Å². The summed E-state index contributed by atoms with van der Waals surface area (Å²) >= 11 is 0. The topological polar surface area (TPSA) is 56.1 Å². The van der Waals surface area contributed by atoms with E-state index in [4.69, 9.17) is 4.74 Å². The number of nitrogens with zero attached hydrogens (tertiary/aromatic N) is 5. The number of hydrogen-bond acceptors (Lipinski definition) is 5. The summed E-state index contributed by atoms with van der Waals surface area (Å²) in [6, 6.07) is 18.9. The summed E-state index contributed by atoms with van der Waals surface area (Å²) in [5.41, 5.74) is 2.50. The fraction of sp³-hybridized carbons (Fsp3) is 0.435. The summed E-state index contributed by atoms with van der Waals surface area (Å²) in [7, 11) is 1.70. The molecule has 0 bridgehead atoms. The minimum absolute atomic E-state index is 0.0548. The normalized spacial score (nSPS) is 16.6. The van der Waals surface area contributed by atoms with Gasteiger partial charge in [-0.25, -0.2) is 4.68 Å². The van der Waals surface area contributed by atoms with Crippen LogP contribution in [0.15, 0.2) is 54.6 Å². The number of benzene rings is 2. The fourth-order valence-corrected chi connectivity index (χ4v) is 4.04. The van der Waals surface area contributed by atoms with Crippen LogP contribution in [0, 0.1) is 5.92 Å². The van der Waals surface area contributed by atoms with Gasteiger partial charge in [-0.2, -0.15) is 0 Å². The molecule has 0 spiro atoms. The van der Waals surface area contributed by atoms with Crippen LogP contribution in [0.5, 0.6) is 5.75 Å². The van der Waals surface area contributed by atoms with E-state index in [-0.39, 0.29) is 6.04 Å². The van der Waals surface area contributed by atoms with Gasteiger partial charge in [0, 0.05) is 6.54 Å². The van der Waals surface area contributed by atoms with Gasteiger partial charge >= 0.3 is 0 Å². The van der Waals surface area contributed by atoms with Crippen LogP contribution in [0.1, 0.15) is 42.8 Å². The quantitative estimate of drug-likeness (QED) is 0.614. The molecule has 0 amide bonds. The zero-order valence-electron chi connectivity index (χ0n) is 17.2. The van der Waals surface area contributed by atoms with Crippen LogP contribution >= 0.6 is 0 Å². The molecule has 1 saturated heterocycles. The molecule has 0 N–H and O–H groups in total. The van der Waals surface area contributed by atoms with E-state index in [1.165, 1.54) is 24.0 Å². The summed E-state index contributed by atoms with van der Waals surface area (Å²) < 4.78 is 7.32. The zero-order valence-corrected chi connectivity index (χ0v) is 17.2. The average Bonchev–Trinajstić information content (AvgIpc) is 3.23. The number of methoxy groups -OCH3 is 1. The zero-order chi connectivity index (χ0) is 20.1. The molecule has 0 saturated carbocycles. The molecule has 2 heterocycles. The van der Waals surface area contributed by atoms with E-state index in [0.29, 0.717) is 0 Å².